The van der Waals surface area contributed by atoms with Gasteiger partial charge in [-0.2, -0.15) is 0 Å². The van der Waals surface area contributed by atoms with Gasteiger partial charge in [0.2, 0.25) is 0 Å². The Bertz CT molecular complexity index is 1090. The number of benzene rings is 2. The number of nitrogens with one attached hydrogen (secondary N) is 1. The number of carbonyl (C=O) groups is 2. The van der Waals surface area contributed by atoms with Gasteiger partial charge in [0.1, 0.15) is 11.5 Å². The highest BCUT2D eigenvalue weighted by Crippen LogP contribution is 2.38. The van der Waals surface area contributed by atoms with E-state index in [2.05, 4.69) is 4.98 Å². The average molecular weight is 422 g/mol. The molecule has 0 spiro atoms. The fourth-order valence-corrected chi connectivity index (χ4v) is 4.20. The topological polar surface area (TPSA) is 80.9 Å². The Balaban J connectivity index is 1.40. The number of esters is 1. The standard InChI is InChI=1S/C24H26N2O5/c1-29-17-9-10-22(30-2)19(13-17)21-8-5-11-26(21)23(27)15-31-24(28)12-16-14-25-20-7-4-3-6-18(16)20/h3-4,6-7,9-10,13-14,21,25H,5,8,11-12,15H2,1-2H3/t21-/m1/s1. The number of hydrogen-bond donors (Lipinski definition) is 1. The van der Waals surface area contributed by atoms with E-state index in [1.54, 1.807) is 25.3 Å². The van der Waals surface area contributed by atoms with Gasteiger partial charge >= 0.3 is 5.97 Å². The second kappa shape index (κ2) is 9.12. The molecule has 1 fully saturated rings. The van der Waals surface area contributed by atoms with E-state index in [0.717, 1.165) is 34.9 Å². The van der Waals surface area contributed by atoms with Crippen molar-refractivity contribution in [3.63, 3.8) is 0 Å². The summed E-state index contributed by atoms with van der Waals surface area (Å²) in [5, 5.41) is 0.982. The van der Waals surface area contributed by atoms with Crippen LogP contribution in [0.3, 0.4) is 0 Å². The quantitative estimate of drug-likeness (QED) is 0.588. The maximum atomic E-state index is 12.9. The molecule has 0 aliphatic carbocycles. The van der Waals surface area contributed by atoms with Crippen molar-refractivity contribution in [1.82, 2.24) is 9.88 Å². The van der Waals surface area contributed by atoms with E-state index >= 15 is 0 Å². The minimum absolute atomic E-state index is 0.116. The van der Waals surface area contributed by atoms with Gasteiger partial charge < -0.3 is 24.1 Å². The number of nitrogens with zero attached hydrogens (tertiary/aromatic N) is 1. The van der Waals surface area contributed by atoms with Crippen molar-refractivity contribution in [2.75, 3.05) is 27.4 Å². The number of likely N-dealkylation sites (tertiary alicyclic amines) is 1. The maximum absolute atomic E-state index is 12.9. The van der Waals surface area contributed by atoms with Crippen molar-refractivity contribution in [3.05, 3.63) is 59.8 Å². The number of rotatable bonds is 7. The number of ether oxygens (including phenoxy) is 3. The van der Waals surface area contributed by atoms with Gasteiger partial charge in [0.05, 0.1) is 26.7 Å². The summed E-state index contributed by atoms with van der Waals surface area (Å²) in [6, 6.07) is 13.2. The van der Waals surface area contributed by atoms with Gasteiger partial charge in [-0.1, -0.05) is 18.2 Å². The zero-order valence-electron chi connectivity index (χ0n) is 17.7. The summed E-state index contributed by atoms with van der Waals surface area (Å²) in [7, 11) is 3.22. The number of H-pyrrole nitrogens is 1. The van der Waals surface area contributed by atoms with Crippen molar-refractivity contribution in [2.24, 2.45) is 0 Å². The van der Waals surface area contributed by atoms with Crippen LogP contribution in [-0.2, 0) is 20.7 Å². The molecule has 1 saturated heterocycles. The average Bonchev–Trinajstić information content (AvgIpc) is 3.45. The Kier molecular flexibility index (Phi) is 6.11. The van der Waals surface area contributed by atoms with Crippen LogP contribution in [-0.4, -0.2) is 49.1 Å². The molecule has 1 N–H and O–H groups in total. The number of aromatic amines is 1. The van der Waals surface area contributed by atoms with E-state index in [1.165, 1.54) is 0 Å². The summed E-state index contributed by atoms with van der Waals surface area (Å²) in [4.78, 5) is 30.1. The molecular weight excluding hydrogens is 396 g/mol. The molecule has 1 aromatic heterocycles. The smallest absolute Gasteiger partial charge is 0.310 e. The zero-order chi connectivity index (χ0) is 21.8. The normalized spacial score (nSPS) is 15.8. The molecule has 31 heavy (non-hydrogen) atoms. The van der Waals surface area contributed by atoms with Crippen LogP contribution in [0.25, 0.3) is 10.9 Å². The van der Waals surface area contributed by atoms with Gasteiger partial charge in [-0.05, 0) is 42.7 Å². The van der Waals surface area contributed by atoms with Crippen LogP contribution in [0, 0.1) is 0 Å². The van der Waals surface area contributed by atoms with Gasteiger partial charge in [0.15, 0.2) is 6.61 Å². The molecule has 1 atom stereocenters. The summed E-state index contributed by atoms with van der Waals surface area (Å²) in [6.07, 6.45) is 3.61. The third-order valence-corrected chi connectivity index (χ3v) is 5.74. The van der Waals surface area contributed by atoms with E-state index in [4.69, 9.17) is 14.2 Å². The van der Waals surface area contributed by atoms with E-state index in [9.17, 15) is 9.59 Å². The molecule has 1 aliphatic heterocycles. The van der Waals surface area contributed by atoms with Crippen LogP contribution in [0.2, 0.25) is 0 Å². The van der Waals surface area contributed by atoms with Crippen LogP contribution in [0.5, 0.6) is 11.5 Å². The first-order valence-electron chi connectivity index (χ1n) is 10.3. The highest BCUT2D eigenvalue weighted by molar-refractivity contribution is 5.88. The summed E-state index contributed by atoms with van der Waals surface area (Å²) in [5.41, 5.74) is 2.72. The van der Waals surface area contributed by atoms with E-state index in [1.807, 2.05) is 42.5 Å². The second-order valence-corrected chi connectivity index (χ2v) is 7.55. The minimum Gasteiger partial charge on any atom is -0.497 e. The lowest BCUT2D eigenvalue weighted by atomic mass is 10.0. The molecule has 162 valence electrons. The zero-order valence-corrected chi connectivity index (χ0v) is 17.7. The fraction of sp³-hybridized carbons (Fsp3) is 0.333. The lowest BCUT2D eigenvalue weighted by molar-refractivity contribution is -0.151. The van der Waals surface area contributed by atoms with Gasteiger partial charge in [0, 0.05) is 29.2 Å². The predicted octanol–water partition coefficient (Wildman–Crippen LogP) is 3.63. The summed E-state index contributed by atoms with van der Waals surface area (Å²) < 4.78 is 16.2. The first kappa shape index (κ1) is 20.8. The number of methoxy groups -OCH3 is 2. The lowest BCUT2D eigenvalue weighted by Crippen LogP contribution is -2.34. The van der Waals surface area contributed by atoms with Crippen molar-refractivity contribution in [1.29, 1.82) is 0 Å². The largest absolute Gasteiger partial charge is 0.497 e. The Labute approximate surface area is 180 Å². The summed E-state index contributed by atoms with van der Waals surface area (Å²) in [5.74, 6) is 0.787. The first-order valence-corrected chi connectivity index (χ1v) is 10.3. The van der Waals surface area contributed by atoms with Gasteiger partial charge in [0.25, 0.3) is 5.91 Å². The van der Waals surface area contributed by atoms with E-state index < -0.39 is 5.97 Å². The van der Waals surface area contributed by atoms with Crippen molar-refractivity contribution < 1.29 is 23.8 Å². The third-order valence-electron chi connectivity index (χ3n) is 5.74. The summed E-state index contributed by atoms with van der Waals surface area (Å²) in [6.45, 7) is 0.341. The fourth-order valence-electron chi connectivity index (χ4n) is 4.20. The molecule has 0 radical (unpaired) electrons. The SMILES string of the molecule is COc1ccc(OC)c([C@H]2CCCN2C(=O)COC(=O)Cc2c[nH]c3ccccc23)c1. The number of para-hydroxylation sites is 1. The number of amides is 1. The first-order chi connectivity index (χ1) is 15.1. The molecule has 0 saturated carbocycles. The Morgan fingerprint density at radius 3 is 2.77 bits per heavy atom. The van der Waals surface area contributed by atoms with Gasteiger partial charge in [-0.3, -0.25) is 9.59 Å². The summed E-state index contributed by atoms with van der Waals surface area (Å²) >= 11 is 0. The highest BCUT2D eigenvalue weighted by Gasteiger charge is 2.32. The molecule has 0 unspecified atom stereocenters. The number of aromatic nitrogens is 1. The molecule has 1 amide bonds. The molecule has 1 aliphatic rings. The predicted molar refractivity (Wildman–Crippen MR) is 116 cm³/mol. The molecule has 3 aromatic rings. The number of carbonyl (C=O) groups excluding carboxylic acids is 2. The monoisotopic (exact) mass is 422 g/mol. The van der Waals surface area contributed by atoms with Gasteiger partial charge in [-0.15, -0.1) is 0 Å². The van der Waals surface area contributed by atoms with Crippen LogP contribution < -0.4 is 9.47 Å². The number of hydrogen-bond acceptors (Lipinski definition) is 5. The molecular formula is C24H26N2O5. The van der Waals surface area contributed by atoms with Crippen LogP contribution >= 0.6 is 0 Å². The molecule has 4 rings (SSSR count). The van der Waals surface area contributed by atoms with Crippen molar-refractivity contribution in [2.45, 2.75) is 25.3 Å². The van der Waals surface area contributed by atoms with Crippen molar-refractivity contribution in [3.8, 4) is 11.5 Å². The Morgan fingerprint density at radius 1 is 1.13 bits per heavy atom. The molecule has 2 aromatic carbocycles. The van der Waals surface area contributed by atoms with Crippen LogP contribution in [0.15, 0.2) is 48.7 Å². The molecule has 7 nitrogen and oxygen atoms in total. The van der Waals surface area contributed by atoms with Gasteiger partial charge in [-0.25, -0.2) is 0 Å². The lowest BCUT2D eigenvalue weighted by Gasteiger charge is -2.26. The Morgan fingerprint density at radius 2 is 1.97 bits per heavy atom. The number of fused-ring (bicyclic) bond motifs is 1. The van der Waals surface area contributed by atoms with E-state index in [0.29, 0.717) is 18.0 Å². The third kappa shape index (κ3) is 4.35. The molecule has 0 bridgehead atoms. The Hall–Kier alpha value is -3.48. The van der Waals surface area contributed by atoms with Crippen LogP contribution in [0.1, 0.15) is 30.0 Å². The minimum atomic E-state index is -0.423. The van der Waals surface area contributed by atoms with E-state index in [-0.39, 0.29) is 25.0 Å². The second-order valence-electron chi connectivity index (χ2n) is 7.55. The maximum Gasteiger partial charge on any atom is 0.310 e. The highest BCUT2D eigenvalue weighted by atomic mass is 16.5. The molecule has 2 heterocycles. The molecule has 7 heteroatoms. The van der Waals surface area contributed by atoms with Crippen molar-refractivity contribution >= 4 is 22.8 Å². The van der Waals surface area contributed by atoms with Crippen LogP contribution in [0.4, 0.5) is 0 Å².